The van der Waals surface area contributed by atoms with Crippen LogP contribution >= 0.6 is 11.3 Å². The first-order valence-electron chi connectivity index (χ1n) is 18.0. The number of benzene rings is 7. The van der Waals surface area contributed by atoms with Crippen LogP contribution in [0.2, 0.25) is 0 Å². The van der Waals surface area contributed by atoms with Crippen molar-refractivity contribution in [2.45, 2.75) is 0 Å². The van der Waals surface area contributed by atoms with Crippen LogP contribution < -0.4 is 0 Å². The molecule has 252 valence electrons. The number of nitrogens with zero attached hydrogens (tertiary/aromatic N) is 3. The van der Waals surface area contributed by atoms with E-state index >= 15 is 0 Å². The summed E-state index contributed by atoms with van der Waals surface area (Å²) in [6.45, 7) is 0. The maximum absolute atomic E-state index is 6.75. The van der Waals surface area contributed by atoms with E-state index < -0.39 is 0 Å². The maximum atomic E-state index is 6.75. The van der Waals surface area contributed by atoms with Crippen molar-refractivity contribution in [3.05, 3.63) is 176 Å². The first-order valence-corrected chi connectivity index (χ1v) is 18.8. The Hall–Kier alpha value is -6.95. The molecule has 0 atom stereocenters. The van der Waals surface area contributed by atoms with Crippen LogP contribution in [-0.4, -0.2) is 15.0 Å². The Morgan fingerprint density at radius 2 is 1.17 bits per heavy atom. The number of thiophene rings is 1. The minimum absolute atomic E-state index is 0.661. The molecule has 0 fully saturated rings. The molecule has 4 aromatic heterocycles. The third kappa shape index (κ3) is 5.01. The van der Waals surface area contributed by atoms with Gasteiger partial charge in [-0.25, -0.2) is 9.97 Å². The van der Waals surface area contributed by atoms with Crippen LogP contribution in [0.1, 0.15) is 0 Å². The lowest BCUT2D eigenvalue weighted by molar-refractivity contribution is 0.670. The minimum Gasteiger partial charge on any atom is -0.455 e. The number of furan rings is 1. The summed E-state index contributed by atoms with van der Waals surface area (Å²) in [5.41, 5.74) is 11.7. The highest BCUT2D eigenvalue weighted by Gasteiger charge is 2.20. The highest BCUT2D eigenvalue weighted by molar-refractivity contribution is 7.25. The quantitative estimate of drug-likeness (QED) is 0.179. The number of hydrogen-bond acceptors (Lipinski definition) is 5. The number of pyridine rings is 1. The van der Waals surface area contributed by atoms with Gasteiger partial charge < -0.3 is 4.42 Å². The van der Waals surface area contributed by atoms with Crippen LogP contribution in [0.4, 0.5) is 0 Å². The second kappa shape index (κ2) is 12.3. The van der Waals surface area contributed by atoms with Crippen molar-refractivity contribution < 1.29 is 4.42 Å². The highest BCUT2D eigenvalue weighted by atomic mass is 32.1. The van der Waals surface area contributed by atoms with Crippen LogP contribution in [0.3, 0.4) is 0 Å². The summed E-state index contributed by atoms with van der Waals surface area (Å²) in [4.78, 5) is 15.1. The fourth-order valence-corrected chi connectivity index (χ4v) is 8.86. The van der Waals surface area contributed by atoms with Crippen molar-refractivity contribution in [3.8, 4) is 56.2 Å². The van der Waals surface area contributed by atoms with E-state index in [4.69, 9.17) is 14.4 Å². The van der Waals surface area contributed by atoms with Crippen molar-refractivity contribution in [3.63, 3.8) is 0 Å². The minimum atomic E-state index is 0.661. The van der Waals surface area contributed by atoms with Gasteiger partial charge in [-0.1, -0.05) is 127 Å². The van der Waals surface area contributed by atoms with Gasteiger partial charge in [-0.2, -0.15) is 0 Å². The van der Waals surface area contributed by atoms with Gasteiger partial charge in [-0.05, 0) is 53.6 Å². The predicted molar refractivity (Wildman–Crippen MR) is 225 cm³/mol. The van der Waals surface area contributed by atoms with E-state index in [0.717, 1.165) is 83.2 Å². The Bertz CT molecular complexity index is 3210. The third-order valence-corrected chi connectivity index (χ3v) is 11.5. The first-order chi connectivity index (χ1) is 26.7. The summed E-state index contributed by atoms with van der Waals surface area (Å²) in [6, 6.07) is 59.4. The van der Waals surface area contributed by atoms with Gasteiger partial charge in [0, 0.05) is 70.3 Å². The van der Waals surface area contributed by atoms with E-state index in [-0.39, 0.29) is 0 Å². The fourth-order valence-electron chi connectivity index (χ4n) is 7.77. The van der Waals surface area contributed by atoms with E-state index in [1.807, 2.05) is 53.9 Å². The van der Waals surface area contributed by atoms with Crippen molar-refractivity contribution in [1.82, 2.24) is 15.0 Å². The average molecular weight is 708 g/mol. The molecule has 7 aromatic carbocycles. The molecule has 4 heterocycles. The molecule has 5 heteroatoms. The van der Waals surface area contributed by atoms with Crippen molar-refractivity contribution >= 4 is 64.4 Å². The Morgan fingerprint density at radius 3 is 2.07 bits per heavy atom. The van der Waals surface area contributed by atoms with Gasteiger partial charge in [0.1, 0.15) is 11.2 Å². The Kier molecular flexibility index (Phi) is 7.00. The van der Waals surface area contributed by atoms with Crippen molar-refractivity contribution in [2.75, 3.05) is 0 Å². The second-order valence-corrected chi connectivity index (χ2v) is 14.6. The summed E-state index contributed by atoms with van der Waals surface area (Å²) in [5, 5.41) is 5.76. The first kappa shape index (κ1) is 30.7. The van der Waals surface area contributed by atoms with Gasteiger partial charge in [-0.15, -0.1) is 11.3 Å². The molecule has 0 aliphatic rings. The van der Waals surface area contributed by atoms with E-state index in [0.29, 0.717) is 5.82 Å². The lowest BCUT2D eigenvalue weighted by Crippen LogP contribution is -1.96. The summed E-state index contributed by atoms with van der Waals surface area (Å²) in [6.07, 6.45) is 1.85. The van der Waals surface area contributed by atoms with Crippen molar-refractivity contribution in [1.29, 1.82) is 0 Å². The van der Waals surface area contributed by atoms with Gasteiger partial charge in [0.15, 0.2) is 5.82 Å². The monoisotopic (exact) mass is 707 g/mol. The molecule has 11 rings (SSSR count). The number of rotatable bonds is 5. The van der Waals surface area contributed by atoms with Crippen LogP contribution in [-0.2, 0) is 0 Å². The fraction of sp³-hybridized carbons (Fsp3) is 0. The number of para-hydroxylation sites is 2. The number of fused-ring (bicyclic) bond motifs is 7. The third-order valence-electron chi connectivity index (χ3n) is 10.4. The van der Waals surface area contributed by atoms with Crippen LogP contribution in [0.5, 0.6) is 0 Å². The topological polar surface area (TPSA) is 51.8 Å². The molecule has 0 unspecified atom stereocenters. The lowest BCUT2D eigenvalue weighted by atomic mass is 9.95. The molecule has 0 saturated heterocycles. The molecular weight excluding hydrogens is 679 g/mol. The van der Waals surface area contributed by atoms with E-state index in [1.54, 1.807) is 0 Å². The van der Waals surface area contributed by atoms with Crippen LogP contribution in [0, 0.1) is 0 Å². The van der Waals surface area contributed by atoms with Gasteiger partial charge >= 0.3 is 0 Å². The zero-order chi connectivity index (χ0) is 35.6. The standard InChI is InChI=1S/C49H29N3OS/c1-2-10-31(11-3-1)41-29-42(52-49(51-41)33-21-19-30(20-22-33)35-16-8-12-32-13-9-27-50-47(32)35)38-25-24-36(48-46(38)39-15-4-6-17-43(39)53-48)34-23-26-45-40(28-34)37-14-5-7-18-44(37)54-45/h1-29H. The predicted octanol–water partition coefficient (Wildman–Crippen LogP) is 13.6. The molecule has 0 N–H and O–H groups in total. The Morgan fingerprint density at radius 1 is 0.444 bits per heavy atom. The molecule has 0 saturated carbocycles. The van der Waals surface area contributed by atoms with Gasteiger partial charge in [0.2, 0.25) is 0 Å². The maximum Gasteiger partial charge on any atom is 0.160 e. The molecule has 0 amide bonds. The van der Waals surface area contributed by atoms with Crippen LogP contribution in [0.25, 0.3) is 109 Å². The average Bonchev–Trinajstić information content (AvgIpc) is 3.82. The molecule has 0 spiro atoms. The van der Waals surface area contributed by atoms with Crippen LogP contribution in [0.15, 0.2) is 180 Å². The van der Waals surface area contributed by atoms with E-state index in [2.05, 4.69) is 138 Å². The summed E-state index contributed by atoms with van der Waals surface area (Å²) in [7, 11) is 0. The number of hydrogen-bond donors (Lipinski definition) is 0. The molecule has 0 aliphatic heterocycles. The normalized spacial score (nSPS) is 11.7. The van der Waals surface area contributed by atoms with Crippen molar-refractivity contribution in [2.24, 2.45) is 0 Å². The molecule has 0 radical (unpaired) electrons. The zero-order valence-electron chi connectivity index (χ0n) is 28.9. The molecule has 11 aromatic rings. The molecular formula is C49H29N3OS. The Labute approximate surface area is 314 Å². The van der Waals surface area contributed by atoms with Gasteiger partial charge in [0.25, 0.3) is 0 Å². The summed E-state index contributed by atoms with van der Waals surface area (Å²) >= 11 is 1.83. The second-order valence-electron chi connectivity index (χ2n) is 13.6. The molecule has 0 aliphatic carbocycles. The molecule has 0 bridgehead atoms. The largest absolute Gasteiger partial charge is 0.455 e. The molecule has 54 heavy (non-hydrogen) atoms. The van der Waals surface area contributed by atoms with E-state index in [9.17, 15) is 0 Å². The Balaban J connectivity index is 1.10. The highest BCUT2D eigenvalue weighted by Crippen LogP contribution is 2.44. The van der Waals surface area contributed by atoms with Gasteiger partial charge in [-0.3, -0.25) is 4.98 Å². The summed E-state index contributed by atoms with van der Waals surface area (Å²) in [5.74, 6) is 0.661. The molecule has 4 nitrogen and oxygen atoms in total. The SMILES string of the molecule is c1ccc(-c2cc(-c3ccc(-c4ccc5sc6ccccc6c5c4)c4oc5ccccc5c34)nc(-c3ccc(-c4cccc5cccnc45)cc3)n2)cc1. The van der Waals surface area contributed by atoms with E-state index in [1.165, 1.54) is 20.2 Å². The lowest BCUT2D eigenvalue weighted by Gasteiger charge is -2.12. The smallest absolute Gasteiger partial charge is 0.160 e. The summed E-state index contributed by atoms with van der Waals surface area (Å²) < 4.78 is 9.32. The number of aromatic nitrogens is 3. The van der Waals surface area contributed by atoms with Gasteiger partial charge in [0.05, 0.1) is 16.9 Å². The zero-order valence-corrected chi connectivity index (χ0v) is 29.7.